The maximum atomic E-state index is 13.5. The Balaban J connectivity index is 0.00000186. The van der Waals surface area contributed by atoms with Crippen LogP contribution in [0.5, 0.6) is 11.5 Å². The Labute approximate surface area is 224 Å². The van der Waals surface area contributed by atoms with E-state index < -0.39 is 6.04 Å². The predicted octanol–water partition coefficient (Wildman–Crippen LogP) is 6.06. The Bertz CT molecular complexity index is 1140. The third kappa shape index (κ3) is 7.99. The molecule has 1 aliphatic carbocycles. The van der Waals surface area contributed by atoms with Crippen molar-refractivity contribution >= 4 is 23.4 Å². The number of aromatic hydroxyl groups is 1. The van der Waals surface area contributed by atoms with Crippen LogP contribution in [-0.4, -0.2) is 35.0 Å². The third-order valence-corrected chi connectivity index (χ3v) is 6.38. The molecule has 0 saturated heterocycles. The number of phenols is 1. The summed E-state index contributed by atoms with van der Waals surface area (Å²) in [5.41, 5.74) is 2.62. The van der Waals surface area contributed by atoms with E-state index in [1.165, 1.54) is 0 Å². The van der Waals surface area contributed by atoms with Crippen molar-refractivity contribution in [3.63, 3.8) is 0 Å². The molecule has 3 aromatic carbocycles. The first kappa shape index (κ1) is 28.1. The molecule has 1 atom stereocenters. The lowest BCUT2D eigenvalue weighted by Gasteiger charge is -2.32. The number of amides is 2. The molecule has 4 rings (SSSR count). The van der Waals surface area contributed by atoms with E-state index in [1.807, 2.05) is 62.4 Å². The van der Waals surface area contributed by atoms with Gasteiger partial charge in [0.2, 0.25) is 11.8 Å². The first-order valence-electron chi connectivity index (χ1n) is 12.7. The van der Waals surface area contributed by atoms with Crippen LogP contribution in [0.15, 0.2) is 72.8 Å². The van der Waals surface area contributed by atoms with E-state index in [4.69, 9.17) is 16.3 Å². The molecule has 0 spiro atoms. The first-order chi connectivity index (χ1) is 17.9. The minimum absolute atomic E-state index is 0.0368. The highest BCUT2D eigenvalue weighted by atomic mass is 35.5. The summed E-state index contributed by atoms with van der Waals surface area (Å²) in [6.07, 6.45) is 2.56. The molecular formula is C30H35ClN2O4. The van der Waals surface area contributed by atoms with Gasteiger partial charge in [0.15, 0.2) is 0 Å². The average Bonchev–Trinajstić information content (AvgIpc) is 3.77. The highest BCUT2D eigenvalue weighted by Gasteiger charge is 2.40. The number of ether oxygens (including phenoxy) is 1. The lowest BCUT2D eigenvalue weighted by molar-refractivity contribution is -0.141. The summed E-state index contributed by atoms with van der Waals surface area (Å²) < 4.78 is 5.20. The van der Waals surface area contributed by atoms with Crippen molar-refractivity contribution in [3.8, 4) is 11.5 Å². The SMILES string of the molecule is CC.COc1ccc(CNC(=O)C(c2ccc(Cl)cc2)N(C(=O)CCc2ccc(O)cc2)C2CC2)cc1. The number of phenolic OH excluding ortho intramolecular Hbond substituents is 1. The number of methoxy groups -OCH3 is 1. The van der Waals surface area contributed by atoms with Gasteiger partial charge in [-0.3, -0.25) is 9.59 Å². The molecule has 7 heteroatoms. The highest BCUT2D eigenvalue weighted by Crippen LogP contribution is 2.36. The second kappa shape index (κ2) is 13.7. The second-order valence-corrected chi connectivity index (χ2v) is 9.16. The first-order valence-corrected chi connectivity index (χ1v) is 13.1. The predicted molar refractivity (Wildman–Crippen MR) is 147 cm³/mol. The van der Waals surface area contributed by atoms with Crippen LogP contribution in [0.4, 0.5) is 0 Å². The molecule has 0 bridgehead atoms. The molecule has 3 aromatic rings. The largest absolute Gasteiger partial charge is 0.508 e. The fourth-order valence-electron chi connectivity index (χ4n) is 4.07. The number of carbonyl (C=O) groups excluding carboxylic acids is 2. The van der Waals surface area contributed by atoms with Crippen LogP contribution < -0.4 is 10.1 Å². The smallest absolute Gasteiger partial charge is 0.247 e. The van der Waals surface area contributed by atoms with Gasteiger partial charge in [-0.2, -0.15) is 0 Å². The van der Waals surface area contributed by atoms with E-state index in [1.54, 1.807) is 36.3 Å². The number of aryl methyl sites for hydroxylation is 1. The van der Waals surface area contributed by atoms with E-state index in [0.717, 1.165) is 35.3 Å². The standard InChI is InChI=1S/C28H29ClN2O4.C2H6/c1-35-25-15-4-20(5-16-25)18-30-28(34)27(21-7-9-22(29)10-8-21)31(23-11-12-23)26(33)17-6-19-2-13-24(32)14-3-19;1-2/h2-5,7-10,13-16,23,27,32H,6,11-12,17-18H2,1H3,(H,30,34);1-2H3. The maximum Gasteiger partial charge on any atom is 0.247 e. The maximum absolute atomic E-state index is 13.5. The molecule has 37 heavy (non-hydrogen) atoms. The Morgan fingerprint density at radius 2 is 1.57 bits per heavy atom. The Kier molecular flexibility index (Phi) is 10.4. The van der Waals surface area contributed by atoms with Crippen molar-refractivity contribution in [2.45, 2.75) is 58.2 Å². The summed E-state index contributed by atoms with van der Waals surface area (Å²) in [6, 6.07) is 20.7. The van der Waals surface area contributed by atoms with E-state index >= 15 is 0 Å². The van der Waals surface area contributed by atoms with Crippen LogP contribution in [0.1, 0.15) is 55.8 Å². The fraction of sp³-hybridized carbons (Fsp3) is 0.333. The van der Waals surface area contributed by atoms with Crippen molar-refractivity contribution in [2.24, 2.45) is 0 Å². The van der Waals surface area contributed by atoms with Crippen molar-refractivity contribution in [1.29, 1.82) is 0 Å². The summed E-state index contributed by atoms with van der Waals surface area (Å²) in [7, 11) is 1.61. The number of hydrogen-bond acceptors (Lipinski definition) is 4. The molecule has 0 aromatic heterocycles. The minimum Gasteiger partial charge on any atom is -0.508 e. The molecule has 1 aliphatic rings. The topological polar surface area (TPSA) is 78.9 Å². The normalized spacial score (nSPS) is 13.1. The van der Waals surface area contributed by atoms with Crippen molar-refractivity contribution in [1.82, 2.24) is 10.2 Å². The molecule has 2 amide bonds. The molecule has 0 aliphatic heterocycles. The van der Waals surface area contributed by atoms with Gasteiger partial charge in [-0.1, -0.05) is 61.8 Å². The van der Waals surface area contributed by atoms with Crippen molar-refractivity contribution in [2.75, 3.05) is 7.11 Å². The lowest BCUT2D eigenvalue weighted by Crippen LogP contribution is -2.45. The Morgan fingerprint density at radius 1 is 0.973 bits per heavy atom. The summed E-state index contributed by atoms with van der Waals surface area (Å²) >= 11 is 6.10. The molecule has 6 nitrogen and oxygen atoms in total. The Morgan fingerprint density at radius 3 is 2.14 bits per heavy atom. The molecule has 196 valence electrons. The number of rotatable bonds is 10. The second-order valence-electron chi connectivity index (χ2n) is 8.72. The van der Waals surface area contributed by atoms with E-state index in [2.05, 4.69) is 5.32 Å². The van der Waals surface area contributed by atoms with Crippen molar-refractivity contribution in [3.05, 3.63) is 94.5 Å². The van der Waals surface area contributed by atoms with Crippen LogP contribution in [-0.2, 0) is 22.6 Å². The summed E-state index contributed by atoms with van der Waals surface area (Å²) in [5.74, 6) is 0.641. The van der Waals surface area contributed by atoms with Gasteiger partial charge in [-0.05, 0) is 72.4 Å². The van der Waals surface area contributed by atoms with Gasteiger partial charge < -0.3 is 20.1 Å². The zero-order chi connectivity index (χ0) is 26.8. The van der Waals surface area contributed by atoms with Gasteiger partial charge in [0.25, 0.3) is 0 Å². The van der Waals surface area contributed by atoms with Gasteiger partial charge in [0.05, 0.1) is 7.11 Å². The molecular weight excluding hydrogens is 488 g/mol. The van der Waals surface area contributed by atoms with Gasteiger partial charge in [-0.15, -0.1) is 0 Å². The number of nitrogens with zero attached hydrogens (tertiary/aromatic N) is 1. The van der Waals surface area contributed by atoms with Crippen LogP contribution in [0.2, 0.25) is 5.02 Å². The number of benzene rings is 3. The summed E-state index contributed by atoms with van der Waals surface area (Å²) in [4.78, 5) is 28.7. The van der Waals surface area contributed by atoms with E-state index in [-0.39, 0.29) is 30.0 Å². The zero-order valence-electron chi connectivity index (χ0n) is 21.6. The summed E-state index contributed by atoms with van der Waals surface area (Å²) in [5, 5.41) is 13.1. The van der Waals surface area contributed by atoms with E-state index in [0.29, 0.717) is 18.0 Å². The zero-order valence-corrected chi connectivity index (χ0v) is 22.4. The number of halogens is 1. The highest BCUT2D eigenvalue weighted by molar-refractivity contribution is 6.30. The van der Waals surface area contributed by atoms with Crippen LogP contribution in [0.3, 0.4) is 0 Å². The van der Waals surface area contributed by atoms with Gasteiger partial charge in [0.1, 0.15) is 17.5 Å². The number of hydrogen-bond donors (Lipinski definition) is 2. The molecule has 1 saturated carbocycles. The quantitative estimate of drug-likeness (QED) is 0.339. The fourth-order valence-corrected chi connectivity index (χ4v) is 4.19. The van der Waals surface area contributed by atoms with Gasteiger partial charge in [-0.25, -0.2) is 0 Å². The molecule has 1 unspecified atom stereocenters. The van der Waals surface area contributed by atoms with Crippen molar-refractivity contribution < 1.29 is 19.4 Å². The molecule has 0 heterocycles. The number of carbonyl (C=O) groups is 2. The average molecular weight is 523 g/mol. The Hall–Kier alpha value is -3.51. The van der Waals surface area contributed by atoms with Crippen LogP contribution >= 0.6 is 11.6 Å². The van der Waals surface area contributed by atoms with Gasteiger partial charge in [0, 0.05) is 24.0 Å². The lowest BCUT2D eigenvalue weighted by atomic mass is 10.0. The molecule has 0 radical (unpaired) electrons. The molecule has 2 N–H and O–H groups in total. The monoisotopic (exact) mass is 522 g/mol. The van der Waals surface area contributed by atoms with Gasteiger partial charge >= 0.3 is 0 Å². The molecule has 1 fully saturated rings. The number of nitrogens with one attached hydrogen (secondary N) is 1. The van der Waals surface area contributed by atoms with E-state index in [9.17, 15) is 14.7 Å². The summed E-state index contributed by atoms with van der Waals surface area (Å²) in [6.45, 7) is 4.34. The minimum atomic E-state index is -0.745. The third-order valence-electron chi connectivity index (χ3n) is 6.13. The van der Waals surface area contributed by atoms with Crippen LogP contribution in [0, 0.1) is 0 Å². The van der Waals surface area contributed by atoms with Crippen LogP contribution in [0.25, 0.3) is 0 Å².